The number of thiazole rings is 2. The summed E-state index contributed by atoms with van der Waals surface area (Å²) in [5.41, 5.74) is 0.412. The molecule has 0 spiro atoms. The second-order valence-electron chi connectivity index (χ2n) is 11.9. The molecule has 2 unspecified atom stereocenters. The Balaban J connectivity index is 0.000000248. The molecule has 2 aromatic heterocycles. The van der Waals surface area contributed by atoms with Gasteiger partial charge in [-0.2, -0.15) is 0 Å². The van der Waals surface area contributed by atoms with E-state index in [1.165, 1.54) is 36.4 Å². The maximum absolute atomic E-state index is 15.0. The molecule has 3 aliphatic heterocycles. The Hall–Kier alpha value is -3.13. The summed E-state index contributed by atoms with van der Waals surface area (Å²) in [5, 5.41) is 9.31. The number of Topliss-reactive ketones (excluding diaryl/α,β-unsaturated/α-hetero) is 1. The highest BCUT2D eigenvalue weighted by atomic mass is 79.9. The van der Waals surface area contributed by atoms with E-state index < -0.39 is 29.2 Å². The van der Waals surface area contributed by atoms with Gasteiger partial charge < -0.3 is 25.2 Å². The lowest BCUT2D eigenvalue weighted by Crippen LogP contribution is -2.44. The van der Waals surface area contributed by atoms with Gasteiger partial charge in [0, 0.05) is 37.4 Å². The number of piperidine rings is 1. The number of nitrogens with zero attached hydrogens (tertiary/aromatic N) is 4. The molecule has 2 N–H and O–H groups in total. The number of hydrogen-bond donors (Lipinski definition) is 2. The molecule has 2 atom stereocenters. The highest BCUT2D eigenvalue weighted by Gasteiger charge is 2.38. The van der Waals surface area contributed by atoms with Crippen LogP contribution in [0.4, 0.5) is 20.1 Å². The van der Waals surface area contributed by atoms with Crippen molar-refractivity contribution < 1.29 is 18.7 Å². The van der Waals surface area contributed by atoms with Gasteiger partial charge in [-0.15, -0.1) is 0 Å². The molecule has 2 fully saturated rings. The number of ether oxygens (including phenoxy) is 1. The van der Waals surface area contributed by atoms with Crippen molar-refractivity contribution in [3.63, 3.8) is 0 Å². The zero-order valence-corrected chi connectivity index (χ0v) is 28.4. The van der Waals surface area contributed by atoms with Crippen LogP contribution in [0.1, 0.15) is 48.5 Å². The zero-order valence-electron chi connectivity index (χ0n) is 25.2. The van der Waals surface area contributed by atoms with E-state index >= 15 is 0 Å². The minimum absolute atomic E-state index is 0.0585. The van der Waals surface area contributed by atoms with E-state index in [0.29, 0.717) is 11.3 Å². The van der Waals surface area contributed by atoms with Crippen molar-refractivity contribution in [2.45, 2.75) is 44.7 Å². The first-order chi connectivity index (χ1) is 21.7. The maximum Gasteiger partial charge on any atom is 0.254 e. The van der Waals surface area contributed by atoms with Crippen LogP contribution < -0.4 is 20.4 Å². The zero-order chi connectivity index (χ0) is 31.6. The van der Waals surface area contributed by atoms with Crippen molar-refractivity contribution >= 4 is 66.0 Å². The van der Waals surface area contributed by atoms with Crippen LogP contribution in [0.25, 0.3) is 0 Å². The first-order valence-electron chi connectivity index (χ1n) is 15.2. The average molecular weight is 716 g/mol. The van der Waals surface area contributed by atoms with Crippen molar-refractivity contribution in [3.8, 4) is 0 Å². The Morgan fingerprint density at radius 3 is 2.44 bits per heavy atom. The topological polar surface area (TPSA) is 99.7 Å². The number of amides is 1. The van der Waals surface area contributed by atoms with Gasteiger partial charge in [-0.05, 0) is 73.3 Å². The van der Waals surface area contributed by atoms with Gasteiger partial charge in [0.05, 0.1) is 48.7 Å². The van der Waals surface area contributed by atoms with E-state index in [0.717, 1.165) is 53.3 Å². The second-order valence-corrected chi connectivity index (χ2v) is 15.2. The van der Waals surface area contributed by atoms with Crippen LogP contribution in [0.2, 0.25) is 0 Å². The van der Waals surface area contributed by atoms with E-state index in [9.17, 15) is 14.0 Å². The first kappa shape index (κ1) is 31.8. The van der Waals surface area contributed by atoms with E-state index in [1.807, 2.05) is 38.4 Å². The third-order valence-electron chi connectivity index (χ3n) is 8.29. The molecule has 1 aromatic carbocycles. The normalized spacial score (nSPS) is 21.4. The van der Waals surface area contributed by atoms with Crippen molar-refractivity contribution in [2.24, 2.45) is 5.92 Å². The van der Waals surface area contributed by atoms with E-state index in [-0.39, 0.29) is 11.4 Å². The summed E-state index contributed by atoms with van der Waals surface area (Å²) in [7, 11) is 0. The molecule has 238 valence electrons. The average Bonchev–Trinajstić information content (AvgIpc) is 3.73. The molecular formula is C32H36BrFN6O3S2. The Morgan fingerprint density at radius 1 is 1.02 bits per heavy atom. The molecule has 7 rings (SSSR count). The number of para-hydroxylation sites is 1. The predicted octanol–water partition coefficient (Wildman–Crippen LogP) is 6.31. The van der Waals surface area contributed by atoms with Crippen molar-refractivity contribution in [2.75, 3.05) is 54.5 Å². The SMILES string of the molecule is Brc1ncc(N2CCOCC2)s1.CC(C)(NC(=O)C1=CC2Nc3ccccc3C(=O)C2C=C1F)c1ncc(N2CCCCC2)s1. The van der Waals surface area contributed by atoms with Crippen LogP contribution in [-0.4, -0.2) is 67.1 Å². The summed E-state index contributed by atoms with van der Waals surface area (Å²) in [6, 6.07) is 6.70. The Morgan fingerprint density at radius 2 is 1.71 bits per heavy atom. The van der Waals surface area contributed by atoms with Crippen LogP contribution in [0, 0.1) is 5.92 Å². The molecule has 2 saturated heterocycles. The number of carbonyl (C=O) groups excluding carboxylic acids is 2. The molecule has 13 heteroatoms. The van der Waals surface area contributed by atoms with Gasteiger partial charge in [0.2, 0.25) is 0 Å². The fourth-order valence-electron chi connectivity index (χ4n) is 5.85. The predicted molar refractivity (Wildman–Crippen MR) is 181 cm³/mol. The maximum atomic E-state index is 15.0. The van der Waals surface area contributed by atoms with Crippen molar-refractivity contribution in [1.29, 1.82) is 0 Å². The molecule has 1 aliphatic carbocycles. The Kier molecular flexibility index (Phi) is 9.69. The molecule has 9 nitrogen and oxygen atoms in total. The van der Waals surface area contributed by atoms with E-state index in [1.54, 1.807) is 34.8 Å². The molecule has 0 bridgehead atoms. The largest absolute Gasteiger partial charge is 0.378 e. The molecule has 5 heterocycles. The lowest BCUT2D eigenvalue weighted by molar-refractivity contribution is -0.119. The summed E-state index contributed by atoms with van der Waals surface area (Å²) in [6.07, 6.45) is 10.2. The lowest BCUT2D eigenvalue weighted by Gasteiger charge is -2.33. The van der Waals surface area contributed by atoms with E-state index in [2.05, 4.69) is 46.3 Å². The number of ketones is 1. The number of hydrogen-bond acceptors (Lipinski definition) is 10. The lowest BCUT2D eigenvalue weighted by atomic mass is 9.81. The van der Waals surface area contributed by atoms with Crippen LogP contribution in [0.3, 0.4) is 0 Å². The van der Waals surface area contributed by atoms with E-state index in [4.69, 9.17) is 4.74 Å². The first-order valence-corrected chi connectivity index (χ1v) is 17.6. The fraction of sp³-hybridized carbons (Fsp3) is 0.438. The smallest absolute Gasteiger partial charge is 0.254 e. The fourth-order valence-corrected chi connectivity index (χ4v) is 8.17. The molecule has 0 saturated carbocycles. The Bertz CT molecular complexity index is 1610. The number of rotatable bonds is 5. The minimum Gasteiger partial charge on any atom is -0.378 e. The minimum atomic E-state index is -0.768. The summed E-state index contributed by atoms with van der Waals surface area (Å²) >= 11 is 6.58. The van der Waals surface area contributed by atoms with Crippen molar-refractivity contribution in [1.82, 2.24) is 15.3 Å². The number of aromatic nitrogens is 2. The number of nitrogens with one attached hydrogen (secondary N) is 2. The summed E-state index contributed by atoms with van der Waals surface area (Å²) in [6.45, 7) is 9.41. The van der Waals surface area contributed by atoms with Crippen LogP contribution in [0.15, 0.2) is 64.1 Å². The number of carbonyl (C=O) groups is 2. The molecule has 0 radical (unpaired) electrons. The molecule has 4 aliphatic rings. The van der Waals surface area contributed by atoms with Gasteiger partial charge in [-0.3, -0.25) is 9.59 Å². The monoisotopic (exact) mass is 714 g/mol. The molecule has 45 heavy (non-hydrogen) atoms. The Labute approximate surface area is 278 Å². The third kappa shape index (κ3) is 7.16. The summed E-state index contributed by atoms with van der Waals surface area (Å²) in [5.74, 6) is -2.01. The number of fused-ring (bicyclic) bond motifs is 2. The van der Waals surface area contributed by atoms with Crippen LogP contribution in [0.5, 0.6) is 0 Å². The quantitative estimate of drug-likeness (QED) is 0.317. The van der Waals surface area contributed by atoms with Gasteiger partial charge in [0.1, 0.15) is 20.8 Å². The highest BCUT2D eigenvalue weighted by molar-refractivity contribution is 9.11. The summed E-state index contributed by atoms with van der Waals surface area (Å²) < 4.78 is 21.2. The second kappa shape index (κ2) is 13.7. The van der Waals surface area contributed by atoms with Gasteiger partial charge >= 0.3 is 0 Å². The van der Waals surface area contributed by atoms with Gasteiger partial charge in [-0.1, -0.05) is 34.8 Å². The third-order valence-corrected chi connectivity index (χ3v) is 11.2. The molecular weight excluding hydrogens is 679 g/mol. The highest BCUT2D eigenvalue weighted by Crippen LogP contribution is 2.37. The van der Waals surface area contributed by atoms with Gasteiger partial charge in [-0.25, -0.2) is 14.4 Å². The standard InChI is InChI=1S/C25H27FN4O2S.C7H9BrN2OS/c1-25(2,24-27-14-21(33-24)30-10-6-3-7-11-30)29-23(32)16-13-20-17(12-18(16)26)22(31)15-8-4-5-9-19(15)28-20;8-7-9-5-6(12-7)10-1-3-11-4-2-10/h4-5,8-9,12-14,17,20,28H,3,6-7,10-11H2,1-2H3,(H,29,32);5H,1-4H2. The van der Waals surface area contributed by atoms with Gasteiger partial charge in [0.15, 0.2) is 9.70 Å². The van der Waals surface area contributed by atoms with Crippen molar-refractivity contribution in [3.05, 3.63) is 74.7 Å². The number of anilines is 3. The number of halogens is 2. The number of benzene rings is 1. The summed E-state index contributed by atoms with van der Waals surface area (Å²) in [4.78, 5) is 39.3. The van der Waals surface area contributed by atoms with Gasteiger partial charge in [0.25, 0.3) is 5.91 Å². The molecule has 3 aromatic rings. The van der Waals surface area contributed by atoms with Crippen LogP contribution >= 0.6 is 38.6 Å². The molecule has 1 amide bonds. The number of morpholine rings is 1. The van der Waals surface area contributed by atoms with Crippen LogP contribution in [-0.2, 0) is 15.1 Å².